The molecule has 1 amide bonds. The molecule has 3 aromatic carbocycles. The van der Waals surface area contributed by atoms with Crippen molar-refractivity contribution in [2.75, 3.05) is 12.0 Å². The number of para-hydroxylation sites is 1. The monoisotopic (exact) mass is 494 g/mol. The number of rotatable bonds is 4. The number of amides is 1. The molecular weight excluding hydrogens is 464 g/mol. The highest BCUT2D eigenvalue weighted by atomic mass is 16.5. The first-order chi connectivity index (χ1) is 17.6. The molecule has 0 aliphatic carbocycles. The number of nitrogens with zero attached hydrogens (tertiary/aromatic N) is 1. The Morgan fingerprint density at radius 1 is 1.00 bits per heavy atom. The summed E-state index contributed by atoms with van der Waals surface area (Å²) >= 11 is 0. The molecule has 4 aromatic rings. The fourth-order valence-corrected chi connectivity index (χ4v) is 5.09. The second kappa shape index (κ2) is 8.96. The topological polar surface area (TPSA) is 82.6 Å². The lowest BCUT2D eigenvalue weighted by atomic mass is 9.84. The van der Waals surface area contributed by atoms with E-state index in [1.807, 2.05) is 67.7 Å². The number of fused-ring (bicyclic) bond motifs is 1. The third kappa shape index (κ3) is 4.08. The van der Waals surface area contributed by atoms with Gasteiger partial charge in [-0.25, -0.2) is 0 Å². The molecule has 5 rings (SSSR count). The SMILES string of the molecule is COc1ccc(/C(O)=C2\C(=O)C(=O)N(c3cccc(C)c3)C2c2c[nH]c3ccccc23)cc1C(C)(C)C. The summed E-state index contributed by atoms with van der Waals surface area (Å²) in [4.78, 5) is 31.9. The van der Waals surface area contributed by atoms with Crippen molar-refractivity contribution in [2.24, 2.45) is 0 Å². The Bertz CT molecular complexity index is 1570. The quantitative estimate of drug-likeness (QED) is 0.195. The summed E-state index contributed by atoms with van der Waals surface area (Å²) < 4.78 is 5.55. The summed E-state index contributed by atoms with van der Waals surface area (Å²) in [6.07, 6.45) is 1.81. The number of methoxy groups -OCH3 is 1. The summed E-state index contributed by atoms with van der Waals surface area (Å²) in [6.45, 7) is 8.10. The van der Waals surface area contributed by atoms with Gasteiger partial charge in [0.25, 0.3) is 11.7 Å². The molecule has 0 saturated carbocycles. The number of aromatic nitrogens is 1. The van der Waals surface area contributed by atoms with E-state index in [4.69, 9.17) is 4.74 Å². The minimum absolute atomic E-state index is 0.0567. The van der Waals surface area contributed by atoms with E-state index in [2.05, 4.69) is 25.8 Å². The van der Waals surface area contributed by atoms with Crippen molar-refractivity contribution in [1.29, 1.82) is 0 Å². The van der Waals surface area contributed by atoms with E-state index in [9.17, 15) is 14.7 Å². The summed E-state index contributed by atoms with van der Waals surface area (Å²) in [5, 5.41) is 12.5. The molecule has 2 heterocycles. The third-order valence-corrected chi connectivity index (χ3v) is 6.92. The van der Waals surface area contributed by atoms with Gasteiger partial charge in [-0.1, -0.05) is 51.1 Å². The van der Waals surface area contributed by atoms with Gasteiger partial charge in [0.05, 0.1) is 18.7 Å². The Morgan fingerprint density at radius 2 is 1.76 bits per heavy atom. The Kier molecular flexibility index (Phi) is 5.91. The van der Waals surface area contributed by atoms with Crippen LogP contribution in [-0.2, 0) is 15.0 Å². The Morgan fingerprint density at radius 3 is 2.46 bits per heavy atom. The van der Waals surface area contributed by atoms with Gasteiger partial charge in [-0.2, -0.15) is 0 Å². The number of aliphatic hydroxyl groups excluding tert-OH is 1. The average Bonchev–Trinajstić information content (AvgIpc) is 3.41. The van der Waals surface area contributed by atoms with Crippen LogP contribution in [0.15, 0.2) is 78.5 Å². The first-order valence-corrected chi connectivity index (χ1v) is 12.2. The predicted molar refractivity (Wildman–Crippen MR) is 146 cm³/mol. The van der Waals surface area contributed by atoms with Crippen LogP contribution in [0.3, 0.4) is 0 Å². The number of carbonyl (C=O) groups excluding carboxylic acids is 2. The number of anilines is 1. The lowest BCUT2D eigenvalue weighted by Crippen LogP contribution is -2.29. The fraction of sp³-hybridized carbons (Fsp3) is 0.226. The standard InChI is InChI=1S/C31H30N2O4/c1-18-9-8-10-20(15-18)33-27(22-17-32-24-12-7-6-11-21(22)24)26(29(35)30(33)36)28(34)19-13-14-25(37-5)23(16-19)31(2,3)4/h6-17,27,32,34H,1-5H3/b28-26+. The zero-order chi connectivity index (χ0) is 26.5. The van der Waals surface area contributed by atoms with Crippen molar-refractivity contribution in [1.82, 2.24) is 4.98 Å². The van der Waals surface area contributed by atoms with Crippen molar-refractivity contribution in [2.45, 2.75) is 39.2 Å². The van der Waals surface area contributed by atoms with Gasteiger partial charge < -0.3 is 14.8 Å². The van der Waals surface area contributed by atoms with Gasteiger partial charge in [-0.05, 0) is 54.3 Å². The molecule has 1 aromatic heterocycles. The molecule has 6 nitrogen and oxygen atoms in total. The number of aliphatic hydroxyl groups is 1. The molecule has 1 saturated heterocycles. The highest BCUT2D eigenvalue weighted by Crippen LogP contribution is 2.45. The van der Waals surface area contributed by atoms with Crippen LogP contribution in [0.2, 0.25) is 0 Å². The van der Waals surface area contributed by atoms with E-state index in [1.54, 1.807) is 19.2 Å². The second-order valence-electron chi connectivity index (χ2n) is 10.5. The van der Waals surface area contributed by atoms with Crippen molar-refractivity contribution in [3.05, 3.63) is 101 Å². The maximum absolute atomic E-state index is 13.6. The summed E-state index contributed by atoms with van der Waals surface area (Å²) in [6, 6.07) is 19.7. The zero-order valence-corrected chi connectivity index (χ0v) is 21.6. The average molecular weight is 495 g/mol. The number of carbonyl (C=O) groups is 2. The van der Waals surface area contributed by atoms with Crippen molar-refractivity contribution >= 4 is 34.0 Å². The number of hydrogen-bond donors (Lipinski definition) is 2. The smallest absolute Gasteiger partial charge is 0.300 e. The number of nitrogens with one attached hydrogen (secondary N) is 1. The normalized spacial score (nSPS) is 17.5. The molecule has 1 aliphatic heterocycles. The molecule has 1 atom stereocenters. The number of ketones is 1. The van der Waals surface area contributed by atoms with Crippen LogP contribution in [-0.4, -0.2) is 28.9 Å². The van der Waals surface area contributed by atoms with Gasteiger partial charge in [-0.15, -0.1) is 0 Å². The Hall–Kier alpha value is -4.32. The maximum atomic E-state index is 13.6. The molecule has 37 heavy (non-hydrogen) atoms. The first-order valence-electron chi connectivity index (χ1n) is 12.2. The highest BCUT2D eigenvalue weighted by Gasteiger charge is 2.47. The number of ether oxygens (including phenoxy) is 1. The minimum Gasteiger partial charge on any atom is -0.507 e. The number of aryl methyl sites for hydroxylation is 1. The van der Waals surface area contributed by atoms with Gasteiger partial charge in [0, 0.05) is 39.5 Å². The van der Waals surface area contributed by atoms with Gasteiger partial charge in [0.1, 0.15) is 11.5 Å². The van der Waals surface area contributed by atoms with E-state index < -0.39 is 17.7 Å². The summed E-state index contributed by atoms with van der Waals surface area (Å²) in [7, 11) is 1.61. The number of aromatic amines is 1. The van der Waals surface area contributed by atoms with Gasteiger partial charge in [0.15, 0.2) is 0 Å². The number of Topliss-reactive ketones (excluding diaryl/α,β-unsaturated/α-hetero) is 1. The van der Waals surface area contributed by atoms with E-state index in [0.29, 0.717) is 17.0 Å². The minimum atomic E-state index is -0.807. The molecule has 0 spiro atoms. The molecular formula is C31H30N2O4. The highest BCUT2D eigenvalue weighted by molar-refractivity contribution is 6.51. The van der Waals surface area contributed by atoms with Crippen LogP contribution in [0.4, 0.5) is 5.69 Å². The maximum Gasteiger partial charge on any atom is 0.300 e. The summed E-state index contributed by atoms with van der Waals surface area (Å²) in [5.74, 6) is -0.913. The Balaban J connectivity index is 1.78. The zero-order valence-electron chi connectivity index (χ0n) is 21.6. The van der Waals surface area contributed by atoms with Crippen LogP contribution in [0.5, 0.6) is 5.75 Å². The lowest BCUT2D eigenvalue weighted by Gasteiger charge is -2.26. The van der Waals surface area contributed by atoms with Crippen LogP contribution < -0.4 is 9.64 Å². The van der Waals surface area contributed by atoms with E-state index in [0.717, 1.165) is 27.6 Å². The predicted octanol–water partition coefficient (Wildman–Crippen LogP) is 6.41. The first kappa shape index (κ1) is 24.4. The van der Waals surface area contributed by atoms with Crippen LogP contribution >= 0.6 is 0 Å². The fourth-order valence-electron chi connectivity index (χ4n) is 5.09. The van der Waals surface area contributed by atoms with Crippen LogP contribution in [0.1, 0.15) is 49.1 Å². The van der Waals surface area contributed by atoms with Crippen LogP contribution in [0, 0.1) is 6.92 Å². The molecule has 1 unspecified atom stereocenters. The van der Waals surface area contributed by atoms with Crippen molar-refractivity contribution in [3.8, 4) is 5.75 Å². The summed E-state index contributed by atoms with van der Waals surface area (Å²) in [5.41, 5.74) is 4.30. The Labute approximate surface area is 216 Å². The van der Waals surface area contributed by atoms with E-state index in [1.165, 1.54) is 4.90 Å². The van der Waals surface area contributed by atoms with Gasteiger partial charge in [-0.3, -0.25) is 14.5 Å². The van der Waals surface area contributed by atoms with Gasteiger partial charge >= 0.3 is 0 Å². The molecule has 0 bridgehead atoms. The lowest BCUT2D eigenvalue weighted by molar-refractivity contribution is -0.132. The van der Waals surface area contributed by atoms with E-state index in [-0.39, 0.29) is 16.7 Å². The van der Waals surface area contributed by atoms with E-state index >= 15 is 0 Å². The second-order valence-corrected chi connectivity index (χ2v) is 10.5. The number of H-pyrrole nitrogens is 1. The molecule has 188 valence electrons. The molecule has 1 aliphatic rings. The molecule has 2 N–H and O–H groups in total. The number of hydrogen-bond acceptors (Lipinski definition) is 4. The van der Waals surface area contributed by atoms with Gasteiger partial charge in [0.2, 0.25) is 0 Å². The molecule has 0 radical (unpaired) electrons. The third-order valence-electron chi connectivity index (χ3n) is 6.92. The number of benzene rings is 3. The largest absolute Gasteiger partial charge is 0.507 e. The van der Waals surface area contributed by atoms with Crippen molar-refractivity contribution in [3.63, 3.8) is 0 Å². The van der Waals surface area contributed by atoms with Crippen molar-refractivity contribution < 1.29 is 19.4 Å². The molecule has 6 heteroatoms. The van der Waals surface area contributed by atoms with Crippen LogP contribution in [0.25, 0.3) is 16.7 Å². The molecule has 1 fully saturated rings.